The number of benzene rings is 2. The maximum Gasteiger partial charge on any atom is 0.262 e. The second-order valence-corrected chi connectivity index (χ2v) is 5.38. The van der Waals surface area contributed by atoms with Gasteiger partial charge < -0.3 is 14.8 Å². The summed E-state index contributed by atoms with van der Waals surface area (Å²) in [6.45, 7) is 4.80. The first-order valence-corrected chi connectivity index (χ1v) is 7.34. The topological polar surface area (TPSA) is 47.6 Å². The van der Waals surface area contributed by atoms with Crippen molar-refractivity contribution in [3.63, 3.8) is 0 Å². The van der Waals surface area contributed by atoms with Crippen LogP contribution in [0.25, 0.3) is 0 Å². The molecule has 0 fully saturated rings. The highest BCUT2D eigenvalue weighted by molar-refractivity contribution is 5.92. The lowest BCUT2D eigenvalue weighted by Crippen LogP contribution is -2.20. The van der Waals surface area contributed by atoms with Gasteiger partial charge in [-0.1, -0.05) is 38.1 Å². The molecule has 0 saturated heterocycles. The molecule has 22 heavy (non-hydrogen) atoms. The molecule has 0 atom stereocenters. The number of carbonyl (C=O) groups is 1. The van der Waals surface area contributed by atoms with E-state index >= 15 is 0 Å². The SMILES string of the molecule is CC(C)COc1cccc(NC(=O)COc2ccccc2)c1. The van der Waals surface area contributed by atoms with Gasteiger partial charge in [-0.3, -0.25) is 4.79 Å². The molecule has 1 N–H and O–H groups in total. The first-order valence-electron chi connectivity index (χ1n) is 7.34. The lowest BCUT2D eigenvalue weighted by molar-refractivity contribution is -0.118. The van der Waals surface area contributed by atoms with E-state index in [-0.39, 0.29) is 12.5 Å². The van der Waals surface area contributed by atoms with Gasteiger partial charge >= 0.3 is 0 Å². The fraction of sp³-hybridized carbons (Fsp3) is 0.278. The molecule has 0 unspecified atom stereocenters. The fourth-order valence-electron chi connectivity index (χ4n) is 1.79. The minimum absolute atomic E-state index is 0.0267. The fourth-order valence-corrected chi connectivity index (χ4v) is 1.79. The summed E-state index contributed by atoms with van der Waals surface area (Å²) in [6.07, 6.45) is 0. The van der Waals surface area contributed by atoms with E-state index in [4.69, 9.17) is 9.47 Å². The minimum atomic E-state index is -0.204. The number of ether oxygens (including phenoxy) is 2. The lowest BCUT2D eigenvalue weighted by Gasteiger charge is -2.11. The molecule has 0 aromatic heterocycles. The Bertz CT molecular complexity index is 596. The van der Waals surface area contributed by atoms with Crippen molar-refractivity contribution < 1.29 is 14.3 Å². The molecule has 2 rings (SSSR count). The van der Waals surface area contributed by atoms with Crippen LogP contribution in [-0.2, 0) is 4.79 Å². The molecule has 0 radical (unpaired) electrons. The number of amides is 1. The van der Waals surface area contributed by atoms with Gasteiger partial charge in [-0.15, -0.1) is 0 Å². The average molecular weight is 299 g/mol. The van der Waals surface area contributed by atoms with Crippen molar-refractivity contribution in [1.82, 2.24) is 0 Å². The molecule has 0 aliphatic heterocycles. The Labute approximate surface area is 131 Å². The van der Waals surface area contributed by atoms with Crippen LogP contribution in [0.4, 0.5) is 5.69 Å². The summed E-state index contributed by atoms with van der Waals surface area (Å²) in [6, 6.07) is 16.6. The van der Waals surface area contributed by atoms with Crippen molar-refractivity contribution in [2.24, 2.45) is 5.92 Å². The van der Waals surface area contributed by atoms with Crippen molar-refractivity contribution in [3.8, 4) is 11.5 Å². The zero-order chi connectivity index (χ0) is 15.8. The van der Waals surface area contributed by atoms with E-state index in [2.05, 4.69) is 19.2 Å². The molecule has 2 aromatic rings. The molecule has 0 heterocycles. The van der Waals surface area contributed by atoms with Gasteiger partial charge in [0.15, 0.2) is 6.61 Å². The Kier molecular flexibility index (Phi) is 5.83. The quantitative estimate of drug-likeness (QED) is 0.847. The zero-order valence-corrected chi connectivity index (χ0v) is 12.9. The average Bonchev–Trinajstić information content (AvgIpc) is 2.52. The first kappa shape index (κ1) is 15.9. The van der Waals surface area contributed by atoms with E-state index in [9.17, 15) is 4.79 Å². The Morgan fingerprint density at radius 3 is 2.45 bits per heavy atom. The van der Waals surface area contributed by atoms with E-state index in [1.165, 1.54) is 0 Å². The van der Waals surface area contributed by atoms with Crippen LogP contribution in [0.2, 0.25) is 0 Å². The minimum Gasteiger partial charge on any atom is -0.493 e. The van der Waals surface area contributed by atoms with Crippen LogP contribution in [-0.4, -0.2) is 19.1 Å². The Hall–Kier alpha value is -2.49. The van der Waals surface area contributed by atoms with Crippen molar-refractivity contribution >= 4 is 11.6 Å². The molecule has 116 valence electrons. The Balaban J connectivity index is 1.84. The van der Waals surface area contributed by atoms with Crippen LogP contribution in [0.5, 0.6) is 11.5 Å². The van der Waals surface area contributed by atoms with Gasteiger partial charge in [-0.2, -0.15) is 0 Å². The molecular weight excluding hydrogens is 278 g/mol. The van der Waals surface area contributed by atoms with Crippen LogP contribution in [0.3, 0.4) is 0 Å². The van der Waals surface area contributed by atoms with Crippen LogP contribution < -0.4 is 14.8 Å². The largest absolute Gasteiger partial charge is 0.493 e. The van der Waals surface area contributed by atoms with E-state index in [0.717, 1.165) is 5.75 Å². The van der Waals surface area contributed by atoms with Gasteiger partial charge in [0, 0.05) is 11.8 Å². The summed E-state index contributed by atoms with van der Waals surface area (Å²) in [5.74, 6) is 1.67. The third kappa shape index (κ3) is 5.48. The summed E-state index contributed by atoms with van der Waals surface area (Å²) in [4.78, 5) is 11.9. The second kappa shape index (κ2) is 8.08. The summed E-state index contributed by atoms with van der Waals surface area (Å²) < 4.78 is 11.0. The number of nitrogens with one attached hydrogen (secondary N) is 1. The Morgan fingerprint density at radius 2 is 1.73 bits per heavy atom. The second-order valence-electron chi connectivity index (χ2n) is 5.38. The van der Waals surface area contributed by atoms with Crippen molar-refractivity contribution in [3.05, 3.63) is 54.6 Å². The maximum absolute atomic E-state index is 11.9. The summed E-state index contributed by atoms with van der Waals surface area (Å²) in [5.41, 5.74) is 0.697. The highest BCUT2D eigenvalue weighted by atomic mass is 16.5. The molecule has 2 aromatic carbocycles. The number of anilines is 1. The van der Waals surface area contributed by atoms with Crippen molar-refractivity contribution in [2.75, 3.05) is 18.5 Å². The van der Waals surface area contributed by atoms with Crippen LogP contribution in [0.1, 0.15) is 13.8 Å². The lowest BCUT2D eigenvalue weighted by atomic mass is 10.2. The predicted octanol–water partition coefficient (Wildman–Crippen LogP) is 3.74. The van der Waals surface area contributed by atoms with E-state index in [1.807, 2.05) is 54.6 Å². The third-order valence-corrected chi connectivity index (χ3v) is 2.81. The molecular formula is C18H21NO3. The van der Waals surface area contributed by atoms with Gasteiger partial charge in [-0.05, 0) is 30.2 Å². The highest BCUT2D eigenvalue weighted by Crippen LogP contribution is 2.18. The number of hydrogen-bond donors (Lipinski definition) is 1. The van der Waals surface area contributed by atoms with E-state index in [1.54, 1.807) is 0 Å². The summed E-state index contributed by atoms with van der Waals surface area (Å²) in [5, 5.41) is 2.80. The van der Waals surface area contributed by atoms with Crippen LogP contribution >= 0.6 is 0 Å². The monoisotopic (exact) mass is 299 g/mol. The van der Waals surface area contributed by atoms with Gasteiger partial charge in [0.25, 0.3) is 5.91 Å². The molecule has 0 aliphatic carbocycles. The normalized spacial score (nSPS) is 10.3. The Morgan fingerprint density at radius 1 is 1.00 bits per heavy atom. The highest BCUT2D eigenvalue weighted by Gasteiger charge is 2.05. The smallest absolute Gasteiger partial charge is 0.262 e. The zero-order valence-electron chi connectivity index (χ0n) is 12.9. The van der Waals surface area contributed by atoms with Crippen molar-refractivity contribution in [1.29, 1.82) is 0 Å². The van der Waals surface area contributed by atoms with Gasteiger partial charge in [0.1, 0.15) is 11.5 Å². The van der Waals surface area contributed by atoms with Crippen LogP contribution in [0.15, 0.2) is 54.6 Å². The van der Waals surface area contributed by atoms with Crippen molar-refractivity contribution in [2.45, 2.75) is 13.8 Å². The van der Waals surface area contributed by atoms with Gasteiger partial charge in [0.05, 0.1) is 6.61 Å². The molecule has 0 saturated carbocycles. The number of carbonyl (C=O) groups excluding carboxylic acids is 1. The standard InChI is InChI=1S/C18H21NO3/c1-14(2)12-21-17-10-6-7-15(11-17)19-18(20)13-22-16-8-4-3-5-9-16/h3-11,14H,12-13H2,1-2H3,(H,19,20). The third-order valence-electron chi connectivity index (χ3n) is 2.81. The molecule has 0 spiro atoms. The van der Waals surface area contributed by atoms with Gasteiger partial charge in [0.2, 0.25) is 0 Å². The number of rotatable bonds is 7. The summed E-state index contributed by atoms with van der Waals surface area (Å²) >= 11 is 0. The summed E-state index contributed by atoms with van der Waals surface area (Å²) in [7, 11) is 0. The van der Waals surface area contributed by atoms with E-state index in [0.29, 0.717) is 24.0 Å². The molecule has 4 heteroatoms. The van der Waals surface area contributed by atoms with E-state index < -0.39 is 0 Å². The van der Waals surface area contributed by atoms with Crippen LogP contribution in [0, 0.1) is 5.92 Å². The molecule has 4 nitrogen and oxygen atoms in total. The number of hydrogen-bond acceptors (Lipinski definition) is 3. The maximum atomic E-state index is 11.9. The van der Waals surface area contributed by atoms with Gasteiger partial charge in [-0.25, -0.2) is 0 Å². The molecule has 0 bridgehead atoms. The first-order chi connectivity index (χ1) is 10.6. The molecule has 1 amide bonds. The predicted molar refractivity (Wildman–Crippen MR) is 87.3 cm³/mol. The molecule has 0 aliphatic rings. The number of para-hydroxylation sites is 1.